The van der Waals surface area contributed by atoms with Crippen LogP contribution in [0.15, 0.2) is 36.4 Å². The monoisotopic (exact) mass is 469 g/mol. The fourth-order valence-electron chi connectivity index (χ4n) is 3.02. The normalized spacial score (nSPS) is 18.4. The van der Waals surface area contributed by atoms with Crippen molar-refractivity contribution in [3.05, 3.63) is 52.0 Å². The highest BCUT2D eigenvalue weighted by Gasteiger charge is 2.42. The first-order chi connectivity index (χ1) is 13.7. The van der Waals surface area contributed by atoms with E-state index in [9.17, 15) is 18.0 Å². The van der Waals surface area contributed by atoms with Crippen LogP contribution in [0.25, 0.3) is 10.2 Å². The van der Waals surface area contributed by atoms with Gasteiger partial charge >= 0.3 is 0 Å². The molecule has 1 unspecified atom stereocenters. The molecular formula is C18H13Cl2N3O4S2. The van der Waals surface area contributed by atoms with Crippen LogP contribution in [0, 0.1) is 5.92 Å². The summed E-state index contributed by atoms with van der Waals surface area (Å²) in [5.41, 5.74) is 0.934. The number of hydrogen-bond acceptors (Lipinski definition) is 6. The average Bonchev–Trinajstić information content (AvgIpc) is 3.10. The van der Waals surface area contributed by atoms with E-state index >= 15 is 0 Å². The largest absolute Gasteiger partial charge is 0.298 e. The lowest BCUT2D eigenvalue weighted by Crippen LogP contribution is -2.30. The molecule has 1 fully saturated rings. The van der Waals surface area contributed by atoms with Crippen molar-refractivity contribution in [2.75, 3.05) is 15.4 Å². The van der Waals surface area contributed by atoms with Gasteiger partial charge in [0, 0.05) is 5.02 Å². The summed E-state index contributed by atoms with van der Waals surface area (Å²) in [6.45, 7) is 1.55. The van der Waals surface area contributed by atoms with Crippen molar-refractivity contribution in [3.63, 3.8) is 0 Å². The van der Waals surface area contributed by atoms with Gasteiger partial charge in [-0.25, -0.2) is 17.7 Å². The van der Waals surface area contributed by atoms with E-state index in [0.717, 1.165) is 9.01 Å². The van der Waals surface area contributed by atoms with Crippen molar-refractivity contribution < 1.29 is 18.0 Å². The van der Waals surface area contributed by atoms with Gasteiger partial charge in [0.05, 0.1) is 38.2 Å². The zero-order chi connectivity index (χ0) is 20.9. The molecular weight excluding hydrogens is 457 g/mol. The van der Waals surface area contributed by atoms with E-state index in [1.54, 1.807) is 25.1 Å². The van der Waals surface area contributed by atoms with Gasteiger partial charge in [-0.2, -0.15) is 0 Å². The van der Waals surface area contributed by atoms with Crippen molar-refractivity contribution in [1.29, 1.82) is 0 Å². The Morgan fingerprint density at radius 3 is 2.66 bits per heavy atom. The summed E-state index contributed by atoms with van der Waals surface area (Å²) in [6.07, 6.45) is 0. The molecule has 1 N–H and O–H groups in total. The summed E-state index contributed by atoms with van der Waals surface area (Å²) in [4.78, 5) is 29.1. The molecule has 1 aromatic heterocycles. The number of carbonyl (C=O) groups excluding carboxylic acids is 2. The maximum absolute atomic E-state index is 12.6. The Bertz CT molecular complexity index is 1270. The molecule has 2 heterocycles. The molecule has 0 spiro atoms. The second-order valence-corrected chi connectivity index (χ2v) is 10.3. The van der Waals surface area contributed by atoms with E-state index in [1.165, 1.54) is 29.5 Å². The molecule has 3 aromatic rings. The number of sulfonamides is 1. The first kappa shape index (κ1) is 20.1. The number of fused-ring (bicyclic) bond motifs is 1. The minimum atomic E-state index is -3.75. The topological polar surface area (TPSA) is 96.4 Å². The van der Waals surface area contributed by atoms with Gasteiger partial charge in [-0.15, -0.1) is 0 Å². The smallest absolute Gasteiger partial charge is 0.258 e. The first-order valence-corrected chi connectivity index (χ1v) is 11.6. The fourth-order valence-corrected chi connectivity index (χ4v) is 6.23. The minimum absolute atomic E-state index is 0.0201. The molecule has 11 heteroatoms. The molecule has 0 aliphatic carbocycles. The quantitative estimate of drug-likeness (QED) is 0.620. The molecule has 1 aliphatic heterocycles. The third-order valence-electron chi connectivity index (χ3n) is 4.36. The van der Waals surface area contributed by atoms with Crippen molar-refractivity contribution in [2.24, 2.45) is 5.92 Å². The number of nitrogens with zero attached hydrogens (tertiary/aromatic N) is 2. The van der Waals surface area contributed by atoms with Gasteiger partial charge in [0.1, 0.15) is 0 Å². The Labute approximate surface area is 180 Å². The van der Waals surface area contributed by atoms with Gasteiger partial charge in [0.25, 0.3) is 5.91 Å². The molecule has 2 aromatic carbocycles. The molecule has 2 amide bonds. The first-order valence-electron chi connectivity index (χ1n) is 8.39. The molecule has 150 valence electrons. The number of halogens is 2. The van der Waals surface area contributed by atoms with E-state index in [4.69, 9.17) is 23.2 Å². The molecule has 0 radical (unpaired) electrons. The Kier molecular flexibility index (Phi) is 5.02. The zero-order valence-corrected chi connectivity index (χ0v) is 18.0. The molecule has 1 aliphatic rings. The summed E-state index contributed by atoms with van der Waals surface area (Å²) in [6, 6.07) is 9.26. The molecule has 29 heavy (non-hydrogen) atoms. The van der Waals surface area contributed by atoms with E-state index in [1.807, 2.05) is 0 Å². The van der Waals surface area contributed by atoms with Crippen LogP contribution in [0.1, 0.15) is 17.3 Å². The lowest BCUT2D eigenvalue weighted by atomic mass is 10.1. The van der Waals surface area contributed by atoms with Crippen LogP contribution >= 0.6 is 34.5 Å². The maximum atomic E-state index is 12.6. The minimum Gasteiger partial charge on any atom is -0.298 e. The number of nitrogens with one attached hydrogen (secondary N) is 1. The van der Waals surface area contributed by atoms with Crippen LogP contribution in [0.2, 0.25) is 10.0 Å². The average molecular weight is 470 g/mol. The molecule has 7 nitrogen and oxygen atoms in total. The van der Waals surface area contributed by atoms with E-state index < -0.39 is 27.8 Å². The Morgan fingerprint density at radius 1 is 1.24 bits per heavy atom. The number of rotatable bonds is 3. The lowest BCUT2D eigenvalue weighted by molar-refractivity contribution is -0.119. The van der Waals surface area contributed by atoms with Crippen LogP contribution in [0.5, 0.6) is 0 Å². The maximum Gasteiger partial charge on any atom is 0.258 e. The van der Waals surface area contributed by atoms with Crippen molar-refractivity contribution in [1.82, 2.24) is 4.98 Å². The van der Waals surface area contributed by atoms with E-state index in [0.29, 0.717) is 15.7 Å². The van der Waals surface area contributed by atoms with Crippen LogP contribution in [0.4, 0.5) is 10.8 Å². The number of aromatic nitrogens is 1. The third-order valence-corrected chi connectivity index (χ3v) is 7.71. The molecule has 1 saturated heterocycles. The predicted molar refractivity (Wildman–Crippen MR) is 114 cm³/mol. The van der Waals surface area contributed by atoms with Gasteiger partial charge < -0.3 is 0 Å². The number of carbonyl (C=O) groups is 2. The van der Waals surface area contributed by atoms with Gasteiger partial charge in [-0.05, 0) is 36.4 Å². The summed E-state index contributed by atoms with van der Waals surface area (Å²) < 4.78 is 26.0. The summed E-state index contributed by atoms with van der Waals surface area (Å²) in [7, 11) is -3.75. The number of benzene rings is 2. The van der Waals surface area contributed by atoms with Crippen molar-refractivity contribution in [3.8, 4) is 0 Å². The SMILES string of the molecule is CC1CS(=O)(=O)N(c2ccc(C(=O)Nc3nc4ccc(Cl)cc4s3)c(Cl)c2)C1=O. The van der Waals surface area contributed by atoms with E-state index in [2.05, 4.69) is 10.3 Å². The molecule has 4 rings (SSSR count). The number of hydrogen-bond donors (Lipinski definition) is 1. The highest BCUT2D eigenvalue weighted by atomic mass is 35.5. The number of amides is 2. The highest BCUT2D eigenvalue weighted by Crippen LogP contribution is 2.32. The Balaban J connectivity index is 1.60. The Hall–Kier alpha value is -2.20. The van der Waals surface area contributed by atoms with Gasteiger partial charge in [-0.3, -0.25) is 14.9 Å². The van der Waals surface area contributed by atoms with Gasteiger partial charge in [0.2, 0.25) is 15.9 Å². The second-order valence-electron chi connectivity index (χ2n) is 6.53. The van der Waals surface area contributed by atoms with Crippen molar-refractivity contribution in [2.45, 2.75) is 6.92 Å². The fraction of sp³-hybridized carbons (Fsp3) is 0.167. The van der Waals surface area contributed by atoms with Crippen LogP contribution < -0.4 is 9.62 Å². The summed E-state index contributed by atoms with van der Waals surface area (Å²) in [5, 5.41) is 3.63. The second kappa shape index (κ2) is 7.24. The van der Waals surface area contributed by atoms with Gasteiger partial charge in [-0.1, -0.05) is 41.5 Å². The lowest BCUT2D eigenvalue weighted by Gasteiger charge is -2.16. The molecule has 0 saturated carbocycles. The van der Waals surface area contributed by atoms with Crippen molar-refractivity contribution >= 4 is 77.4 Å². The standard InChI is InChI=1S/C18H13Cl2N3O4S2/c1-9-8-29(26,27)23(17(9)25)11-3-4-12(13(20)7-11)16(24)22-18-21-14-5-2-10(19)6-15(14)28-18/h2-7,9H,8H2,1H3,(H,21,22,24). The Morgan fingerprint density at radius 2 is 2.00 bits per heavy atom. The van der Waals surface area contributed by atoms with Crippen LogP contribution in [0.3, 0.4) is 0 Å². The molecule has 1 atom stereocenters. The van der Waals surface area contributed by atoms with E-state index in [-0.39, 0.29) is 22.0 Å². The predicted octanol–water partition coefficient (Wildman–Crippen LogP) is 4.17. The number of thiazole rings is 1. The zero-order valence-electron chi connectivity index (χ0n) is 14.8. The highest BCUT2D eigenvalue weighted by molar-refractivity contribution is 7.94. The van der Waals surface area contributed by atoms with Crippen LogP contribution in [-0.4, -0.2) is 31.0 Å². The van der Waals surface area contributed by atoms with Gasteiger partial charge in [0.15, 0.2) is 5.13 Å². The van der Waals surface area contributed by atoms with Crippen LogP contribution in [-0.2, 0) is 14.8 Å². The summed E-state index contributed by atoms with van der Waals surface area (Å²) >= 11 is 13.4. The summed E-state index contributed by atoms with van der Waals surface area (Å²) in [5.74, 6) is -1.91. The number of anilines is 2. The third kappa shape index (κ3) is 3.71. The molecule has 0 bridgehead atoms.